The molecule has 1 aliphatic heterocycles. The Labute approximate surface area is 148 Å². The molecule has 7 nitrogen and oxygen atoms in total. The number of pyridine rings is 1. The minimum atomic E-state index is -0.222. The second-order valence-corrected chi connectivity index (χ2v) is 6.58. The van der Waals surface area contributed by atoms with Crippen LogP contribution in [0.3, 0.4) is 0 Å². The zero-order chi connectivity index (χ0) is 17.6. The zero-order valence-electron chi connectivity index (χ0n) is 14.9. The predicted octanol–water partition coefficient (Wildman–Crippen LogP) is 2.79. The molecule has 0 aliphatic carbocycles. The summed E-state index contributed by atoms with van der Waals surface area (Å²) < 4.78 is 1.92. The molecule has 1 saturated heterocycles. The number of carbonyl (C=O) groups is 1. The average molecular weight is 342 g/mol. The lowest BCUT2D eigenvalue weighted by molar-refractivity contribution is 0.251. The lowest BCUT2D eigenvalue weighted by Crippen LogP contribution is -2.38. The molecule has 0 aromatic carbocycles. The Morgan fingerprint density at radius 2 is 2.28 bits per heavy atom. The number of amides is 2. The van der Waals surface area contributed by atoms with E-state index in [9.17, 15) is 4.79 Å². The highest BCUT2D eigenvalue weighted by atomic mass is 16.2. The minimum absolute atomic E-state index is 0.222. The molecule has 25 heavy (non-hydrogen) atoms. The molecule has 3 rings (SSSR count). The summed E-state index contributed by atoms with van der Waals surface area (Å²) in [5.74, 6) is 1.03. The fourth-order valence-electron chi connectivity index (χ4n) is 3.24. The highest BCUT2D eigenvalue weighted by Crippen LogP contribution is 2.27. The van der Waals surface area contributed by atoms with Gasteiger partial charge in [0.15, 0.2) is 0 Å². The fourth-order valence-corrected chi connectivity index (χ4v) is 3.24. The van der Waals surface area contributed by atoms with Crippen molar-refractivity contribution in [3.05, 3.63) is 36.5 Å². The number of urea groups is 1. The van der Waals surface area contributed by atoms with Gasteiger partial charge in [-0.25, -0.2) is 14.8 Å². The van der Waals surface area contributed by atoms with Crippen LogP contribution in [0.15, 0.2) is 31.0 Å². The van der Waals surface area contributed by atoms with Gasteiger partial charge >= 0.3 is 6.03 Å². The van der Waals surface area contributed by atoms with E-state index < -0.39 is 0 Å². The molecule has 2 aromatic rings. The maximum Gasteiger partial charge on any atom is 0.319 e. The molecule has 2 N–H and O–H groups in total. The number of imidazole rings is 1. The summed E-state index contributed by atoms with van der Waals surface area (Å²) in [7, 11) is 0. The van der Waals surface area contributed by atoms with Crippen LogP contribution in [0.1, 0.15) is 31.7 Å². The second-order valence-electron chi connectivity index (χ2n) is 6.58. The number of hydrogen-bond donors (Lipinski definition) is 2. The monoisotopic (exact) mass is 342 g/mol. The first-order valence-electron chi connectivity index (χ1n) is 8.87. The van der Waals surface area contributed by atoms with Gasteiger partial charge in [-0.3, -0.25) is 0 Å². The van der Waals surface area contributed by atoms with Gasteiger partial charge in [0.25, 0.3) is 0 Å². The topological polar surface area (TPSA) is 75.1 Å². The SMILES string of the molecule is Cc1cc(NC(=O)NCCn2ccnc2)cnc1N1CCCC[C@H]1C. The number of rotatable bonds is 5. The molecular weight excluding hydrogens is 316 g/mol. The first-order chi connectivity index (χ1) is 12.1. The number of nitrogens with zero attached hydrogens (tertiary/aromatic N) is 4. The van der Waals surface area contributed by atoms with Gasteiger partial charge in [0.2, 0.25) is 0 Å². The standard InChI is InChI=1S/C18H26N6O/c1-14-11-16(12-21-17(14)24-8-4-3-5-15(24)2)22-18(25)20-7-10-23-9-6-19-13-23/h6,9,11-13,15H,3-5,7-8,10H2,1-2H3,(H2,20,22,25)/t15-/m1/s1. The van der Waals surface area contributed by atoms with Crippen LogP contribution in [0.4, 0.5) is 16.3 Å². The Balaban J connectivity index is 1.54. The number of aryl methyl sites for hydroxylation is 1. The molecule has 1 atom stereocenters. The number of anilines is 2. The van der Waals surface area contributed by atoms with Crippen LogP contribution in [0.5, 0.6) is 0 Å². The van der Waals surface area contributed by atoms with Crippen LogP contribution in [-0.4, -0.2) is 39.7 Å². The molecule has 0 bridgehead atoms. The van der Waals surface area contributed by atoms with Crippen molar-refractivity contribution in [2.45, 2.75) is 45.7 Å². The van der Waals surface area contributed by atoms with Crippen LogP contribution in [-0.2, 0) is 6.54 Å². The van der Waals surface area contributed by atoms with Crippen LogP contribution < -0.4 is 15.5 Å². The maximum atomic E-state index is 12.0. The Morgan fingerprint density at radius 1 is 1.40 bits per heavy atom. The zero-order valence-corrected chi connectivity index (χ0v) is 14.9. The van der Waals surface area contributed by atoms with E-state index in [-0.39, 0.29) is 6.03 Å². The Kier molecular flexibility index (Phi) is 5.53. The average Bonchev–Trinajstić information content (AvgIpc) is 3.09. The molecule has 1 aliphatic rings. The number of nitrogens with one attached hydrogen (secondary N) is 2. The van der Waals surface area contributed by atoms with Gasteiger partial charge in [-0.2, -0.15) is 0 Å². The lowest BCUT2D eigenvalue weighted by Gasteiger charge is -2.35. The van der Waals surface area contributed by atoms with E-state index in [0.29, 0.717) is 24.8 Å². The molecular formula is C18H26N6O. The van der Waals surface area contributed by atoms with Crippen molar-refractivity contribution in [2.75, 3.05) is 23.3 Å². The van der Waals surface area contributed by atoms with E-state index in [1.807, 2.05) is 23.8 Å². The van der Waals surface area contributed by atoms with E-state index in [1.165, 1.54) is 19.3 Å². The van der Waals surface area contributed by atoms with Gasteiger partial charge in [0.05, 0.1) is 18.2 Å². The van der Waals surface area contributed by atoms with E-state index in [0.717, 1.165) is 17.9 Å². The van der Waals surface area contributed by atoms with E-state index in [4.69, 9.17) is 0 Å². The molecule has 0 spiro atoms. The summed E-state index contributed by atoms with van der Waals surface area (Å²) in [5.41, 5.74) is 1.80. The van der Waals surface area contributed by atoms with Gasteiger partial charge in [-0.15, -0.1) is 0 Å². The molecule has 0 radical (unpaired) electrons. The van der Waals surface area contributed by atoms with Crippen molar-refractivity contribution in [2.24, 2.45) is 0 Å². The lowest BCUT2D eigenvalue weighted by atomic mass is 10.0. The van der Waals surface area contributed by atoms with Crippen molar-refractivity contribution in [3.8, 4) is 0 Å². The number of carbonyl (C=O) groups excluding carboxylic acids is 1. The normalized spacial score (nSPS) is 17.4. The third-order valence-corrected chi connectivity index (χ3v) is 4.60. The van der Waals surface area contributed by atoms with Crippen molar-refractivity contribution < 1.29 is 4.79 Å². The van der Waals surface area contributed by atoms with Crippen molar-refractivity contribution >= 4 is 17.5 Å². The summed E-state index contributed by atoms with van der Waals surface area (Å²) in [6.07, 6.45) is 10.8. The number of piperidine rings is 1. The first-order valence-corrected chi connectivity index (χ1v) is 8.87. The highest BCUT2D eigenvalue weighted by Gasteiger charge is 2.21. The highest BCUT2D eigenvalue weighted by molar-refractivity contribution is 5.89. The Morgan fingerprint density at radius 3 is 3.00 bits per heavy atom. The van der Waals surface area contributed by atoms with Gasteiger partial charge < -0.3 is 20.1 Å². The van der Waals surface area contributed by atoms with Crippen molar-refractivity contribution in [3.63, 3.8) is 0 Å². The molecule has 7 heteroatoms. The van der Waals surface area contributed by atoms with Crippen LogP contribution in [0, 0.1) is 6.92 Å². The molecule has 0 saturated carbocycles. The molecule has 0 unspecified atom stereocenters. The largest absolute Gasteiger partial charge is 0.354 e. The molecule has 3 heterocycles. The minimum Gasteiger partial charge on any atom is -0.354 e. The first kappa shape index (κ1) is 17.3. The summed E-state index contributed by atoms with van der Waals surface area (Å²) in [6.45, 7) is 6.58. The molecule has 134 valence electrons. The smallest absolute Gasteiger partial charge is 0.319 e. The van der Waals surface area contributed by atoms with E-state index in [2.05, 4.69) is 32.4 Å². The summed E-state index contributed by atoms with van der Waals surface area (Å²) in [4.78, 5) is 22.9. The second kappa shape index (κ2) is 8.00. The summed E-state index contributed by atoms with van der Waals surface area (Å²) in [6, 6.07) is 2.28. The van der Waals surface area contributed by atoms with Gasteiger partial charge in [0.1, 0.15) is 5.82 Å². The van der Waals surface area contributed by atoms with Crippen LogP contribution >= 0.6 is 0 Å². The Bertz CT molecular complexity index is 700. The van der Waals surface area contributed by atoms with E-state index >= 15 is 0 Å². The summed E-state index contributed by atoms with van der Waals surface area (Å²) >= 11 is 0. The van der Waals surface area contributed by atoms with Gasteiger partial charge in [0, 0.05) is 38.1 Å². The summed E-state index contributed by atoms with van der Waals surface area (Å²) in [5, 5.41) is 5.69. The number of hydrogen-bond acceptors (Lipinski definition) is 4. The fraction of sp³-hybridized carbons (Fsp3) is 0.500. The van der Waals surface area contributed by atoms with Crippen LogP contribution in [0.2, 0.25) is 0 Å². The molecule has 1 fully saturated rings. The Hall–Kier alpha value is -2.57. The predicted molar refractivity (Wildman–Crippen MR) is 98.9 cm³/mol. The molecule has 2 aromatic heterocycles. The van der Waals surface area contributed by atoms with Crippen LogP contribution in [0.25, 0.3) is 0 Å². The maximum absolute atomic E-state index is 12.0. The van der Waals surface area contributed by atoms with Gasteiger partial charge in [-0.1, -0.05) is 0 Å². The quantitative estimate of drug-likeness (QED) is 0.876. The molecule has 2 amide bonds. The van der Waals surface area contributed by atoms with Crippen molar-refractivity contribution in [1.29, 1.82) is 0 Å². The third kappa shape index (κ3) is 4.49. The van der Waals surface area contributed by atoms with Gasteiger partial charge in [-0.05, 0) is 44.7 Å². The van der Waals surface area contributed by atoms with Crippen molar-refractivity contribution in [1.82, 2.24) is 19.9 Å². The third-order valence-electron chi connectivity index (χ3n) is 4.60. The number of aromatic nitrogens is 3. The van der Waals surface area contributed by atoms with E-state index in [1.54, 1.807) is 18.7 Å².